The van der Waals surface area contributed by atoms with Crippen molar-refractivity contribution in [2.24, 2.45) is 5.73 Å². The number of fused-ring (bicyclic) bond motifs is 1. The number of hydrogen-bond acceptors (Lipinski definition) is 2. The molecule has 0 aliphatic rings. The van der Waals surface area contributed by atoms with Gasteiger partial charge in [0.2, 0.25) is 0 Å². The molecule has 3 rings (SSSR count). The van der Waals surface area contributed by atoms with E-state index in [1.165, 1.54) is 11.1 Å². The van der Waals surface area contributed by atoms with E-state index in [4.69, 9.17) is 22.3 Å². The van der Waals surface area contributed by atoms with Crippen molar-refractivity contribution in [3.63, 3.8) is 0 Å². The second kappa shape index (κ2) is 5.51. The highest BCUT2D eigenvalue weighted by Gasteiger charge is 2.13. The molecule has 3 nitrogen and oxygen atoms in total. The van der Waals surface area contributed by atoms with E-state index in [9.17, 15) is 0 Å². The Morgan fingerprint density at radius 1 is 1.10 bits per heavy atom. The molecule has 1 aromatic heterocycles. The lowest BCUT2D eigenvalue weighted by Crippen LogP contribution is -2.11. The number of rotatable bonds is 3. The van der Waals surface area contributed by atoms with Crippen molar-refractivity contribution < 1.29 is 0 Å². The minimum atomic E-state index is 0.582. The van der Waals surface area contributed by atoms with E-state index in [-0.39, 0.29) is 0 Å². The molecule has 0 saturated carbocycles. The lowest BCUT2D eigenvalue weighted by atomic mass is 10.1. The number of halogens is 1. The van der Waals surface area contributed by atoms with Crippen molar-refractivity contribution in [3.05, 3.63) is 52.5 Å². The lowest BCUT2D eigenvalue weighted by Gasteiger charge is -2.08. The van der Waals surface area contributed by atoms with Gasteiger partial charge in [0, 0.05) is 23.7 Å². The van der Waals surface area contributed by atoms with Gasteiger partial charge in [0.05, 0.1) is 11.0 Å². The smallest absolute Gasteiger partial charge is 0.141 e. The third-order valence-corrected chi connectivity index (χ3v) is 4.07. The summed E-state index contributed by atoms with van der Waals surface area (Å²) in [5, 5.41) is 0.729. The number of nitrogens with two attached hydrogens (primary N) is 1. The van der Waals surface area contributed by atoms with Crippen LogP contribution in [0.25, 0.3) is 22.4 Å². The Balaban J connectivity index is 2.25. The highest BCUT2D eigenvalue weighted by atomic mass is 35.5. The summed E-state index contributed by atoms with van der Waals surface area (Å²) in [6.07, 6.45) is 0. The zero-order valence-electron chi connectivity index (χ0n) is 12.2. The second-order valence-electron chi connectivity index (χ2n) is 5.31. The van der Waals surface area contributed by atoms with Crippen LogP contribution in [-0.2, 0) is 6.54 Å². The van der Waals surface area contributed by atoms with Crippen molar-refractivity contribution in [2.45, 2.75) is 20.4 Å². The monoisotopic (exact) mass is 299 g/mol. The van der Waals surface area contributed by atoms with Crippen molar-refractivity contribution in [2.75, 3.05) is 6.54 Å². The van der Waals surface area contributed by atoms with Gasteiger partial charge in [-0.05, 0) is 61.4 Å². The van der Waals surface area contributed by atoms with E-state index < -0.39 is 0 Å². The third kappa shape index (κ3) is 2.55. The van der Waals surface area contributed by atoms with Crippen LogP contribution in [0.4, 0.5) is 0 Å². The lowest BCUT2D eigenvalue weighted by molar-refractivity contribution is 0.735. The molecule has 0 aliphatic heterocycles. The first-order chi connectivity index (χ1) is 10.1. The second-order valence-corrected chi connectivity index (χ2v) is 5.74. The zero-order chi connectivity index (χ0) is 15.0. The van der Waals surface area contributed by atoms with Crippen LogP contribution in [0.15, 0.2) is 36.4 Å². The van der Waals surface area contributed by atoms with E-state index in [2.05, 4.69) is 30.5 Å². The quantitative estimate of drug-likeness (QED) is 0.796. The third-order valence-electron chi connectivity index (χ3n) is 3.82. The van der Waals surface area contributed by atoms with Gasteiger partial charge in [-0.2, -0.15) is 0 Å². The topological polar surface area (TPSA) is 43.8 Å². The highest BCUT2D eigenvalue weighted by Crippen LogP contribution is 2.27. The molecular weight excluding hydrogens is 282 g/mol. The first-order valence-electron chi connectivity index (χ1n) is 7.03. The number of nitrogens with zero attached hydrogens (tertiary/aromatic N) is 2. The molecule has 2 N–H and O–H groups in total. The fraction of sp³-hybridized carbons (Fsp3) is 0.235. The number of aryl methyl sites for hydroxylation is 2. The van der Waals surface area contributed by atoms with Gasteiger partial charge >= 0.3 is 0 Å². The summed E-state index contributed by atoms with van der Waals surface area (Å²) in [6.45, 7) is 5.56. The summed E-state index contributed by atoms with van der Waals surface area (Å²) in [4.78, 5) is 4.80. The molecule has 3 aromatic rings. The van der Waals surface area contributed by atoms with Crippen LogP contribution < -0.4 is 5.73 Å². The summed E-state index contributed by atoms with van der Waals surface area (Å²) in [6, 6.07) is 12.1. The number of imidazole rings is 1. The zero-order valence-corrected chi connectivity index (χ0v) is 13.0. The van der Waals surface area contributed by atoms with Gasteiger partial charge < -0.3 is 10.3 Å². The molecule has 0 aliphatic carbocycles. The summed E-state index contributed by atoms with van der Waals surface area (Å²) in [5.41, 5.74) is 11.5. The van der Waals surface area contributed by atoms with E-state index >= 15 is 0 Å². The number of aromatic nitrogens is 2. The van der Waals surface area contributed by atoms with Crippen LogP contribution in [0.2, 0.25) is 5.02 Å². The van der Waals surface area contributed by atoms with Crippen LogP contribution in [0.3, 0.4) is 0 Å². The fourth-order valence-electron chi connectivity index (χ4n) is 2.55. The normalized spacial score (nSPS) is 11.2. The van der Waals surface area contributed by atoms with Gasteiger partial charge in [-0.15, -0.1) is 0 Å². The molecule has 0 atom stereocenters. The Hall–Kier alpha value is -1.84. The molecule has 0 radical (unpaired) electrons. The largest absolute Gasteiger partial charge is 0.329 e. The molecule has 0 fully saturated rings. The molecule has 0 bridgehead atoms. The van der Waals surface area contributed by atoms with Gasteiger partial charge in [-0.3, -0.25) is 0 Å². The molecule has 0 spiro atoms. The van der Waals surface area contributed by atoms with E-state index in [0.29, 0.717) is 6.54 Å². The maximum atomic E-state index is 5.97. The van der Waals surface area contributed by atoms with Crippen molar-refractivity contribution in [3.8, 4) is 11.4 Å². The van der Waals surface area contributed by atoms with Gasteiger partial charge in [0.25, 0.3) is 0 Å². The maximum absolute atomic E-state index is 5.97. The molecular formula is C17H18ClN3. The van der Waals surface area contributed by atoms with Gasteiger partial charge in [-0.25, -0.2) is 4.98 Å². The summed E-state index contributed by atoms with van der Waals surface area (Å²) in [7, 11) is 0. The molecule has 0 unspecified atom stereocenters. The van der Waals surface area contributed by atoms with Gasteiger partial charge in [-0.1, -0.05) is 11.6 Å². The van der Waals surface area contributed by atoms with E-state index in [0.717, 1.165) is 34.0 Å². The Morgan fingerprint density at radius 3 is 2.43 bits per heavy atom. The molecule has 1 heterocycles. The predicted octanol–water partition coefficient (Wildman–Crippen LogP) is 3.93. The molecule has 21 heavy (non-hydrogen) atoms. The minimum Gasteiger partial charge on any atom is -0.329 e. The minimum absolute atomic E-state index is 0.582. The van der Waals surface area contributed by atoms with E-state index in [1.54, 1.807) is 0 Å². The number of benzene rings is 2. The summed E-state index contributed by atoms with van der Waals surface area (Å²) in [5.74, 6) is 0.942. The maximum Gasteiger partial charge on any atom is 0.141 e. The van der Waals surface area contributed by atoms with E-state index in [1.807, 2.05) is 24.3 Å². The molecule has 108 valence electrons. The Kier molecular flexibility index (Phi) is 3.70. The van der Waals surface area contributed by atoms with Crippen LogP contribution in [0.1, 0.15) is 11.1 Å². The highest BCUT2D eigenvalue weighted by molar-refractivity contribution is 6.30. The first-order valence-corrected chi connectivity index (χ1v) is 7.41. The van der Waals surface area contributed by atoms with Crippen molar-refractivity contribution >= 4 is 22.6 Å². The fourth-order valence-corrected chi connectivity index (χ4v) is 2.68. The van der Waals surface area contributed by atoms with Crippen molar-refractivity contribution in [1.29, 1.82) is 0 Å². The average Bonchev–Trinajstić information content (AvgIpc) is 2.79. The molecule has 0 saturated heterocycles. The first kappa shape index (κ1) is 14.1. The average molecular weight is 300 g/mol. The Morgan fingerprint density at radius 2 is 1.76 bits per heavy atom. The van der Waals surface area contributed by atoms with Crippen LogP contribution in [-0.4, -0.2) is 16.1 Å². The van der Waals surface area contributed by atoms with Crippen LogP contribution in [0.5, 0.6) is 0 Å². The molecule has 2 aromatic carbocycles. The van der Waals surface area contributed by atoms with Crippen LogP contribution >= 0.6 is 11.6 Å². The van der Waals surface area contributed by atoms with Gasteiger partial charge in [0.1, 0.15) is 5.82 Å². The predicted molar refractivity (Wildman–Crippen MR) is 88.7 cm³/mol. The SMILES string of the molecule is Cc1cc2nc(-c3ccc(Cl)cc3)n(CCN)c2cc1C. The molecule has 4 heteroatoms. The standard InChI is InChI=1S/C17H18ClN3/c1-11-9-15-16(10-12(11)2)21(8-7-19)17(20-15)13-3-5-14(18)6-4-13/h3-6,9-10H,7-8,19H2,1-2H3. The summed E-state index contributed by atoms with van der Waals surface area (Å²) < 4.78 is 2.19. The van der Waals surface area contributed by atoms with Crippen LogP contribution in [0, 0.1) is 13.8 Å². The summed E-state index contributed by atoms with van der Waals surface area (Å²) >= 11 is 5.97. The Bertz CT molecular complexity index is 788. The number of hydrogen-bond donors (Lipinski definition) is 1. The van der Waals surface area contributed by atoms with Crippen molar-refractivity contribution in [1.82, 2.24) is 9.55 Å². The van der Waals surface area contributed by atoms with Gasteiger partial charge in [0.15, 0.2) is 0 Å². The molecule has 0 amide bonds. The Labute approximate surface area is 129 Å².